The zero-order valence-corrected chi connectivity index (χ0v) is 28.4. The van der Waals surface area contributed by atoms with E-state index < -0.39 is 0 Å². The number of rotatable bonds is 3. The third kappa shape index (κ3) is 3.84. The van der Waals surface area contributed by atoms with Gasteiger partial charge in [-0.25, -0.2) is 0 Å². The molecule has 0 atom stereocenters. The largest absolute Gasteiger partial charge is 0.135 e. The Balaban J connectivity index is 1.17. The second-order valence-corrected chi connectivity index (χ2v) is 15.1. The molecule has 1 heterocycles. The monoisotopic (exact) mass is 660 g/mol. The van der Waals surface area contributed by atoms with Crippen molar-refractivity contribution < 1.29 is 0 Å². The van der Waals surface area contributed by atoms with Gasteiger partial charge in [0.2, 0.25) is 0 Å². The van der Waals surface area contributed by atoms with Gasteiger partial charge in [-0.05, 0) is 122 Å². The Labute approximate surface area is 298 Å². The minimum absolute atomic E-state index is 1.24. The average molecular weight is 661 g/mol. The third-order valence-corrected chi connectivity index (χ3v) is 12.5. The summed E-state index contributed by atoms with van der Waals surface area (Å²) in [6, 6.07) is 64.0. The second-order valence-electron chi connectivity index (χ2n) is 14.0. The molecule has 234 valence electrons. The van der Waals surface area contributed by atoms with E-state index in [-0.39, 0.29) is 0 Å². The van der Waals surface area contributed by atoms with Gasteiger partial charge in [-0.3, -0.25) is 0 Å². The predicted molar refractivity (Wildman–Crippen MR) is 223 cm³/mol. The molecule has 51 heavy (non-hydrogen) atoms. The maximum absolute atomic E-state index is 2.46. The van der Waals surface area contributed by atoms with Gasteiger partial charge in [-0.2, -0.15) is 0 Å². The van der Waals surface area contributed by atoms with E-state index >= 15 is 0 Å². The van der Waals surface area contributed by atoms with Crippen molar-refractivity contribution in [3.63, 3.8) is 0 Å². The molecule has 0 spiro atoms. The zero-order chi connectivity index (χ0) is 33.2. The SMILES string of the molecule is c1cc2ccc3ccc(-c4ccc(-c5ccc6sc7ccccc7c6c5)c(-c5ccc6ccc7cccc8ccc5c6c78)c4)c4ccc(c1)c2c34. The van der Waals surface area contributed by atoms with Crippen molar-refractivity contribution >= 4 is 96.1 Å². The van der Waals surface area contributed by atoms with Gasteiger partial charge in [0, 0.05) is 20.2 Å². The van der Waals surface area contributed by atoms with Crippen LogP contribution in [0.5, 0.6) is 0 Å². The van der Waals surface area contributed by atoms with E-state index in [2.05, 4.69) is 170 Å². The molecule has 0 unspecified atom stereocenters. The second kappa shape index (κ2) is 10.1. The molecule has 1 aromatic heterocycles. The van der Waals surface area contributed by atoms with Gasteiger partial charge in [0.25, 0.3) is 0 Å². The average Bonchev–Trinajstić information content (AvgIpc) is 3.57. The van der Waals surface area contributed by atoms with Crippen molar-refractivity contribution in [2.75, 3.05) is 0 Å². The maximum atomic E-state index is 2.46. The standard InChI is InChI=1S/C50H28S/c1-2-10-45-40(9-1)44-28-36(20-26-46(44)51-45)38-22-19-35(37-21-15-33-13-11-29-5-3-7-31-17-24-41(37)49(33)47(29)31)27-43(38)39-23-16-34-14-12-30-6-4-8-32-18-25-42(39)50(34)48(30)32/h1-28H. The van der Waals surface area contributed by atoms with Crippen molar-refractivity contribution in [2.45, 2.75) is 0 Å². The highest BCUT2D eigenvalue weighted by atomic mass is 32.1. The van der Waals surface area contributed by atoms with Gasteiger partial charge in [-0.1, -0.05) is 146 Å². The first kappa shape index (κ1) is 27.5. The van der Waals surface area contributed by atoms with Gasteiger partial charge >= 0.3 is 0 Å². The van der Waals surface area contributed by atoms with Crippen LogP contribution in [-0.4, -0.2) is 0 Å². The smallest absolute Gasteiger partial charge is 0.0355 e. The summed E-state index contributed by atoms with van der Waals surface area (Å²) in [4.78, 5) is 0. The van der Waals surface area contributed by atoms with E-state index in [4.69, 9.17) is 0 Å². The summed E-state index contributed by atoms with van der Waals surface area (Å²) in [5.41, 5.74) is 7.53. The molecule has 0 amide bonds. The predicted octanol–water partition coefficient (Wildman–Crippen LogP) is 14.9. The fourth-order valence-electron chi connectivity index (χ4n) is 9.04. The molecule has 11 aromatic carbocycles. The molecule has 0 aliphatic heterocycles. The van der Waals surface area contributed by atoms with Crippen molar-refractivity contribution in [1.82, 2.24) is 0 Å². The van der Waals surface area contributed by atoms with Gasteiger partial charge in [0.15, 0.2) is 0 Å². The molecule has 0 aliphatic carbocycles. The van der Waals surface area contributed by atoms with Crippen LogP contribution in [0.4, 0.5) is 0 Å². The quantitative estimate of drug-likeness (QED) is 0.165. The molecule has 1 heteroatoms. The van der Waals surface area contributed by atoms with E-state index in [0.29, 0.717) is 0 Å². The Kier molecular flexibility index (Phi) is 5.47. The summed E-state index contributed by atoms with van der Waals surface area (Å²) in [5, 5.41) is 18.4. The lowest BCUT2D eigenvalue weighted by molar-refractivity contribution is 1.61. The molecule has 12 rings (SSSR count). The normalized spacial score (nSPS) is 12.3. The molecule has 12 aromatic rings. The molecule has 0 nitrogen and oxygen atoms in total. The minimum atomic E-state index is 1.24. The van der Waals surface area contributed by atoms with Crippen molar-refractivity contribution in [2.24, 2.45) is 0 Å². The topological polar surface area (TPSA) is 0 Å². The van der Waals surface area contributed by atoms with Crippen LogP contribution < -0.4 is 0 Å². The first-order valence-electron chi connectivity index (χ1n) is 17.7. The maximum Gasteiger partial charge on any atom is 0.0355 e. The van der Waals surface area contributed by atoms with Crippen LogP contribution in [0.25, 0.3) is 118 Å². The highest BCUT2D eigenvalue weighted by Gasteiger charge is 2.19. The Morgan fingerprint density at radius 3 is 1.43 bits per heavy atom. The molecule has 0 saturated heterocycles. The van der Waals surface area contributed by atoms with E-state index in [1.165, 1.54) is 118 Å². The van der Waals surface area contributed by atoms with Gasteiger partial charge in [0.1, 0.15) is 0 Å². The molecule has 0 saturated carbocycles. The Hall–Kier alpha value is -6.28. The highest BCUT2D eigenvalue weighted by Crippen LogP contribution is 2.46. The van der Waals surface area contributed by atoms with E-state index in [1.54, 1.807) is 0 Å². The first-order chi connectivity index (χ1) is 25.3. The Morgan fingerprint density at radius 1 is 0.255 bits per heavy atom. The molecular weight excluding hydrogens is 633 g/mol. The van der Waals surface area contributed by atoms with Crippen LogP contribution >= 0.6 is 11.3 Å². The summed E-state index contributed by atoms with van der Waals surface area (Å²) in [7, 11) is 0. The van der Waals surface area contributed by atoms with Crippen LogP contribution in [0, 0.1) is 0 Å². The van der Waals surface area contributed by atoms with E-state index in [1.807, 2.05) is 11.3 Å². The summed E-state index contributed by atoms with van der Waals surface area (Å²) in [5.74, 6) is 0. The number of hydrogen-bond acceptors (Lipinski definition) is 1. The van der Waals surface area contributed by atoms with Crippen molar-refractivity contribution in [3.05, 3.63) is 170 Å². The molecule has 0 bridgehead atoms. The van der Waals surface area contributed by atoms with E-state index in [0.717, 1.165) is 0 Å². The van der Waals surface area contributed by atoms with Crippen molar-refractivity contribution in [1.29, 1.82) is 0 Å². The Bertz CT molecular complexity index is 3330. The van der Waals surface area contributed by atoms with E-state index in [9.17, 15) is 0 Å². The summed E-state index contributed by atoms with van der Waals surface area (Å²) in [6.07, 6.45) is 0. The van der Waals surface area contributed by atoms with Crippen LogP contribution in [-0.2, 0) is 0 Å². The third-order valence-electron chi connectivity index (χ3n) is 11.4. The van der Waals surface area contributed by atoms with Gasteiger partial charge in [0.05, 0.1) is 0 Å². The van der Waals surface area contributed by atoms with Crippen LogP contribution in [0.3, 0.4) is 0 Å². The molecule has 0 radical (unpaired) electrons. The molecule has 0 aliphatic rings. The van der Waals surface area contributed by atoms with Crippen LogP contribution in [0.2, 0.25) is 0 Å². The summed E-state index contributed by atoms with van der Waals surface area (Å²) < 4.78 is 2.66. The number of hydrogen-bond donors (Lipinski definition) is 0. The number of fused-ring (bicyclic) bond motifs is 3. The van der Waals surface area contributed by atoms with Gasteiger partial charge < -0.3 is 0 Å². The lowest BCUT2D eigenvalue weighted by Crippen LogP contribution is -1.92. The first-order valence-corrected chi connectivity index (χ1v) is 18.5. The number of thiophene rings is 1. The fraction of sp³-hybridized carbons (Fsp3) is 0. The minimum Gasteiger partial charge on any atom is -0.135 e. The molecular formula is C50H28S. The fourth-order valence-corrected chi connectivity index (χ4v) is 10.1. The highest BCUT2D eigenvalue weighted by molar-refractivity contribution is 7.25. The lowest BCUT2D eigenvalue weighted by atomic mass is 9.84. The van der Waals surface area contributed by atoms with Crippen LogP contribution in [0.15, 0.2) is 170 Å². The lowest BCUT2D eigenvalue weighted by Gasteiger charge is -2.19. The molecule has 0 N–H and O–H groups in total. The molecule has 0 fully saturated rings. The van der Waals surface area contributed by atoms with Crippen LogP contribution in [0.1, 0.15) is 0 Å². The van der Waals surface area contributed by atoms with Crippen molar-refractivity contribution in [3.8, 4) is 33.4 Å². The number of benzene rings is 11. The Morgan fingerprint density at radius 2 is 0.745 bits per heavy atom. The summed E-state index contributed by atoms with van der Waals surface area (Å²) in [6.45, 7) is 0. The summed E-state index contributed by atoms with van der Waals surface area (Å²) >= 11 is 1.88. The zero-order valence-electron chi connectivity index (χ0n) is 27.6. The van der Waals surface area contributed by atoms with Gasteiger partial charge in [-0.15, -0.1) is 11.3 Å².